The molecule has 0 amide bonds. The van der Waals surface area contributed by atoms with Crippen LogP contribution in [0.5, 0.6) is 5.75 Å². The number of aromatic nitrogens is 2. The average molecular weight is 338 g/mol. The van der Waals surface area contributed by atoms with Gasteiger partial charge in [0.25, 0.3) is 5.56 Å². The van der Waals surface area contributed by atoms with Gasteiger partial charge < -0.3 is 10.4 Å². The molecule has 1 aromatic heterocycles. The van der Waals surface area contributed by atoms with E-state index in [0.29, 0.717) is 16.7 Å². The van der Waals surface area contributed by atoms with Crippen LogP contribution in [0, 0.1) is 0 Å². The second kappa shape index (κ2) is 6.09. The Hall–Kier alpha value is -1.82. The third-order valence-corrected chi connectivity index (χ3v) is 3.62. The highest BCUT2D eigenvalue weighted by Crippen LogP contribution is 2.18. The van der Waals surface area contributed by atoms with Crippen LogP contribution in [0.15, 0.2) is 39.7 Å². The van der Waals surface area contributed by atoms with Crippen LogP contribution in [-0.4, -0.2) is 14.9 Å². The number of phenols is 1. The Morgan fingerprint density at radius 1 is 1.35 bits per heavy atom. The van der Waals surface area contributed by atoms with E-state index in [9.17, 15) is 9.90 Å². The van der Waals surface area contributed by atoms with Crippen molar-refractivity contribution in [1.29, 1.82) is 0 Å². The fourth-order valence-electron chi connectivity index (χ4n) is 1.75. The van der Waals surface area contributed by atoms with E-state index in [4.69, 9.17) is 0 Å². The lowest BCUT2D eigenvalue weighted by Gasteiger charge is -2.12. The number of phenolic OH excluding ortho intramolecular Hbond substituents is 1. The second-order valence-corrected chi connectivity index (χ2v) is 5.53. The number of hydrogen-bond acceptors (Lipinski definition) is 4. The minimum Gasteiger partial charge on any atom is -0.508 e. The zero-order chi connectivity index (χ0) is 14.7. The first-order valence-corrected chi connectivity index (χ1v) is 7.07. The summed E-state index contributed by atoms with van der Waals surface area (Å²) in [6.45, 7) is 4.36. The standard InChI is InChI=1S/C14H16BrN3O2/c1-9(2)18-14(20)13(15)12(8-17-18)16-7-10-3-5-11(19)6-4-10/h3-6,8-9,16,19H,7H2,1-2H3. The Labute approximate surface area is 125 Å². The summed E-state index contributed by atoms with van der Waals surface area (Å²) < 4.78 is 1.90. The van der Waals surface area contributed by atoms with Crippen LogP contribution in [0.4, 0.5) is 5.69 Å². The lowest BCUT2D eigenvalue weighted by Crippen LogP contribution is -2.26. The molecule has 0 spiro atoms. The molecule has 0 bridgehead atoms. The van der Waals surface area contributed by atoms with Gasteiger partial charge >= 0.3 is 0 Å². The molecule has 2 aromatic rings. The fraction of sp³-hybridized carbons (Fsp3) is 0.286. The van der Waals surface area contributed by atoms with Gasteiger partial charge in [0.1, 0.15) is 10.2 Å². The molecule has 1 heterocycles. The monoisotopic (exact) mass is 337 g/mol. The summed E-state index contributed by atoms with van der Waals surface area (Å²) in [5.74, 6) is 0.233. The molecular weight excluding hydrogens is 322 g/mol. The van der Waals surface area contributed by atoms with Gasteiger partial charge in [-0.15, -0.1) is 0 Å². The molecule has 0 aliphatic carbocycles. The van der Waals surface area contributed by atoms with Crippen LogP contribution in [0.25, 0.3) is 0 Å². The summed E-state index contributed by atoms with van der Waals surface area (Å²) in [5, 5.41) is 16.5. The van der Waals surface area contributed by atoms with Gasteiger partial charge in [0.05, 0.1) is 17.9 Å². The topological polar surface area (TPSA) is 67.2 Å². The Morgan fingerprint density at radius 2 is 2.00 bits per heavy atom. The minimum atomic E-state index is -0.157. The molecule has 20 heavy (non-hydrogen) atoms. The van der Waals surface area contributed by atoms with E-state index in [1.807, 2.05) is 26.0 Å². The van der Waals surface area contributed by atoms with Crippen molar-refractivity contribution in [1.82, 2.24) is 9.78 Å². The van der Waals surface area contributed by atoms with E-state index < -0.39 is 0 Å². The quantitative estimate of drug-likeness (QED) is 0.900. The van der Waals surface area contributed by atoms with Gasteiger partial charge in [0.2, 0.25) is 0 Å². The van der Waals surface area contributed by atoms with Crippen molar-refractivity contribution in [3.8, 4) is 5.75 Å². The predicted octanol–water partition coefficient (Wildman–Crippen LogP) is 2.90. The molecule has 6 heteroatoms. The zero-order valence-corrected chi connectivity index (χ0v) is 12.9. The normalized spacial score (nSPS) is 10.8. The number of rotatable bonds is 4. The SMILES string of the molecule is CC(C)n1ncc(NCc2ccc(O)cc2)c(Br)c1=O. The van der Waals surface area contributed by atoms with Crippen molar-refractivity contribution in [2.45, 2.75) is 26.4 Å². The van der Waals surface area contributed by atoms with Crippen molar-refractivity contribution in [3.63, 3.8) is 0 Å². The van der Waals surface area contributed by atoms with Gasteiger partial charge in [-0.1, -0.05) is 12.1 Å². The first-order chi connectivity index (χ1) is 9.49. The van der Waals surface area contributed by atoms with Gasteiger partial charge in [-0.25, -0.2) is 4.68 Å². The third-order valence-electron chi connectivity index (χ3n) is 2.85. The summed E-state index contributed by atoms with van der Waals surface area (Å²) in [7, 11) is 0. The summed E-state index contributed by atoms with van der Waals surface area (Å²) in [6.07, 6.45) is 1.63. The van der Waals surface area contributed by atoms with Crippen molar-refractivity contribution >= 4 is 21.6 Å². The summed E-state index contributed by atoms with van der Waals surface area (Å²) in [4.78, 5) is 12.1. The first-order valence-electron chi connectivity index (χ1n) is 6.28. The Balaban J connectivity index is 2.16. The van der Waals surface area contributed by atoms with Gasteiger partial charge in [0.15, 0.2) is 0 Å². The fourth-order valence-corrected chi connectivity index (χ4v) is 2.17. The Bertz CT molecular complexity index is 650. The molecule has 2 rings (SSSR count). The van der Waals surface area contributed by atoms with Crippen LogP contribution in [0.2, 0.25) is 0 Å². The smallest absolute Gasteiger partial charge is 0.283 e. The molecule has 0 radical (unpaired) electrons. The number of nitrogens with zero attached hydrogens (tertiary/aromatic N) is 2. The van der Waals surface area contributed by atoms with Gasteiger partial charge in [-0.3, -0.25) is 4.79 Å². The predicted molar refractivity (Wildman–Crippen MR) is 82.0 cm³/mol. The minimum absolute atomic E-state index is 0.0185. The van der Waals surface area contributed by atoms with Crippen molar-refractivity contribution in [2.24, 2.45) is 0 Å². The second-order valence-electron chi connectivity index (χ2n) is 4.74. The number of nitrogens with one attached hydrogen (secondary N) is 1. The highest BCUT2D eigenvalue weighted by molar-refractivity contribution is 9.10. The van der Waals surface area contributed by atoms with Crippen molar-refractivity contribution in [2.75, 3.05) is 5.32 Å². The van der Waals surface area contributed by atoms with E-state index in [1.54, 1.807) is 18.3 Å². The molecule has 5 nitrogen and oxygen atoms in total. The molecule has 1 aromatic carbocycles. The van der Waals surface area contributed by atoms with E-state index >= 15 is 0 Å². The van der Waals surface area contributed by atoms with Crippen LogP contribution < -0.4 is 10.9 Å². The van der Waals surface area contributed by atoms with E-state index in [2.05, 4.69) is 26.3 Å². The van der Waals surface area contributed by atoms with Gasteiger partial charge in [-0.05, 0) is 47.5 Å². The van der Waals surface area contributed by atoms with Gasteiger partial charge in [-0.2, -0.15) is 5.10 Å². The molecular formula is C14H16BrN3O2. The third kappa shape index (κ3) is 3.19. The molecule has 0 saturated carbocycles. The van der Waals surface area contributed by atoms with E-state index in [1.165, 1.54) is 4.68 Å². The Kier molecular flexibility index (Phi) is 4.44. The van der Waals surface area contributed by atoms with E-state index in [-0.39, 0.29) is 17.4 Å². The van der Waals surface area contributed by atoms with Crippen LogP contribution in [-0.2, 0) is 6.54 Å². The largest absolute Gasteiger partial charge is 0.508 e. The highest BCUT2D eigenvalue weighted by Gasteiger charge is 2.10. The Morgan fingerprint density at radius 3 is 2.60 bits per heavy atom. The number of hydrogen-bond donors (Lipinski definition) is 2. The summed E-state index contributed by atoms with van der Waals surface area (Å²) >= 11 is 3.31. The van der Waals surface area contributed by atoms with E-state index in [0.717, 1.165) is 5.56 Å². The number of aromatic hydroxyl groups is 1. The molecule has 0 unspecified atom stereocenters. The summed E-state index contributed by atoms with van der Waals surface area (Å²) in [6, 6.07) is 6.91. The maximum atomic E-state index is 12.1. The van der Waals surface area contributed by atoms with Crippen molar-refractivity contribution in [3.05, 3.63) is 50.9 Å². The molecule has 2 N–H and O–H groups in total. The molecule has 106 valence electrons. The molecule has 0 aliphatic rings. The van der Waals surface area contributed by atoms with Crippen LogP contribution in [0.1, 0.15) is 25.5 Å². The lowest BCUT2D eigenvalue weighted by molar-refractivity contribution is 0.475. The lowest BCUT2D eigenvalue weighted by atomic mass is 10.2. The molecule has 0 aliphatic heterocycles. The zero-order valence-electron chi connectivity index (χ0n) is 11.3. The average Bonchev–Trinajstić information content (AvgIpc) is 2.42. The number of benzene rings is 1. The number of halogens is 1. The number of anilines is 1. The van der Waals surface area contributed by atoms with Gasteiger partial charge in [0, 0.05) is 6.54 Å². The van der Waals surface area contributed by atoms with Crippen molar-refractivity contribution < 1.29 is 5.11 Å². The maximum Gasteiger partial charge on any atom is 0.283 e. The summed E-state index contributed by atoms with van der Waals surface area (Å²) in [5.41, 5.74) is 1.50. The van der Waals surface area contributed by atoms with Crippen LogP contribution in [0.3, 0.4) is 0 Å². The molecule has 0 atom stereocenters. The highest BCUT2D eigenvalue weighted by atomic mass is 79.9. The maximum absolute atomic E-state index is 12.1. The molecule has 0 fully saturated rings. The first kappa shape index (κ1) is 14.6. The molecule has 0 saturated heterocycles. The van der Waals surface area contributed by atoms with Crippen LogP contribution >= 0.6 is 15.9 Å².